The highest BCUT2D eigenvalue weighted by Gasteiger charge is 2.20. The van der Waals surface area contributed by atoms with Crippen molar-refractivity contribution in [2.24, 2.45) is 5.73 Å². The first-order chi connectivity index (χ1) is 6.90. The first-order valence-electron chi connectivity index (χ1n) is 5.17. The zero-order chi connectivity index (χ0) is 12.0. The third-order valence-corrected chi connectivity index (χ3v) is 2.11. The van der Waals surface area contributed by atoms with Crippen molar-refractivity contribution in [2.75, 3.05) is 14.1 Å². The number of nitrogens with two attached hydrogens (primary N) is 1. The molecule has 0 bridgehead atoms. The predicted molar refractivity (Wildman–Crippen MR) is 59.2 cm³/mol. The van der Waals surface area contributed by atoms with Crippen LogP contribution in [-0.2, 0) is 9.59 Å². The molecule has 0 aliphatic heterocycles. The maximum absolute atomic E-state index is 11.5. The van der Waals surface area contributed by atoms with Crippen molar-refractivity contribution in [2.45, 2.75) is 38.8 Å². The molecule has 0 fully saturated rings. The zero-order valence-electron chi connectivity index (χ0n) is 9.91. The monoisotopic (exact) mass is 215 g/mol. The summed E-state index contributed by atoms with van der Waals surface area (Å²) in [4.78, 5) is 24.3. The van der Waals surface area contributed by atoms with Gasteiger partial charge in [-0.25, -0.2) is 0 Å². The van der Waals surface area contributed by atoms with Gasteiger partial charge in [0.1, 0.15) is 6.04 Å². The van der Waals surface area contributed by atoms with Crippen LogP contribution in [0.2, 0.25) is 0 Å². The molecule has 0 aromatic rings. The van der Waals surface area contributed by atoms with Gasteiger partial charge in [-0.2, -0.15) is 0 Å². The average Bonchev–Trinajstić information content (AvgIpc) is 2.16. The van der Waals surface area contributed by atoms with Gasteiger partial charge >= 0.3 is 0 Å². The smallest absolute Gasteiger partial charge is 0.244 e. The highest BCUT2D eigenvalue weighted by atomic mass is 16.2. The molecule has 88 valence electrons. The fourth-order valence-electron chi connectivity index (χ4n) is 1.21. The van der Waals surface area contributed by atoms with Crippen molar-refractivity contribution < 1.29 is 9.59 Å². The third-order valence-electron chi connectivity index (χ3n) is 2.11. The number of rotatable bonds is 5. The Kier molecular flexibility index (Phi) is 5.93. The van der Waals surface area contributed by atoms with E-state index in [4.69, 9.17) is 5.73 Å². The van der Waals surface area contributed by atoms with E-state index in [1.54, 1.807) is 21.0 Å². The molecular weight excluding hydrogens is 194 g/mol. The van der Waals surface area contributed by atoms with Crippen molar-refractivity contribution in [3.63, 3.8) is 0 Å². The van der Waals surface area contributed by atoms with Crippen LogP contribution in [0.3, 0.4) is 0 Å². The molecule has 0 aliphatic rings. The Morgan fingerprint density at radius 1 is 1.40 bits per heavy atom. The topological polar surface area (TPSA) is 75.4 Å². The Morgan fingerprint density at radius 3 is 2.33 bits per heavy atom. The van der Waals surface area contributed by atoms with E-state index in [1.807, 2.05) is 6.92 Å². The van der Waals surface area contributed by atoms with Crippen molar-refractivity contribution in [3.8, 4) is 0 Å². The van der Waals surface area contributed by atoms with Gasteiger partial charge in [-0.05, 0) is 13.3 Å². The van der Waals surface area contributed by atoms with E-state index < -0.39 is 12.1 Å². The van der Waals surface area contributed by atoms with Gasteiger partial charge in [-0.1, -0.05) is 13.3 Å². The van der Waals surface area contributed by atoms with Crippen molar-refractivity contribution in [3.05, 3.63) is 0 Å². The minimum absolute atomic E-state index is 0.132. The SMILES string of the molecule is CCCC(N)C(=O)NC(C)C(=O)N(C)C. The first-order valence-corrected chi connectivity index (χ1v) is 5.17. The molecule has 0 aromatic carbocycles. The molecular formula is C10H21N3O2. The number of nitrogens with zero attached hydrogens (tertiary/aromatic N) is 1. The van der Waals surface area contributed by atoms with Crippen LogP contribution in [0.5, 0.6) is 0 Å². The minimum Gasteiger partial charge on any atom is -0.347 e. The van der Waals surface area contributed by atoms with Crippen LogP contribution in [0.1, 0.15) is 26.7 Å². The Hall–Kier alpha value is -1.10. The Morgan fingerprint density at radius 2 is 1.93 bits per heavy atom. The summed E-state index contributed by atoms with van der Waals surface area (Å²) >= 11 is 0. The molecule has 5 heteroatoms. The van der Waals surface area contributed by atoms with E-state index in [2.05, 4.69) is 5.32 Å². The molecule has 15 heavy (non-hydrogen) atoms. The van der Waals surface area contributed by atoms with Gasteiger partial charge in [0.25, 0.3) is 0 Å². The molecule has 0 heterocycles. The fraction of sp³-hybridized carbons (Fsp3) is 0.800. The summed E-state index contributed by atoms with van der Waals surface area (Å²) in [6.45, 7) is 3.61. The lowest BCUT2D eigenvalue weighted by molar-refractivity contribution is -0.134. The molecule has 0 saturated carbocycles. The molecule has 5 nitrogen and oxygen atoms in total. The van der Waals surface area contributed by atoms with E-state index >= 15 is 0 Å². The highest BCUT2D eigenvalue weighted by molar-refractivity contribution is 5.89. The molecule has 0 spiro atoms. The highest BCUT2D eigenvalue weighted by Crippen LogP contribution is 1.95. The molecule has 3 N–H and O–H groups in total. The van der Waals surface area contributed by atoms with Crippen LogP contribution in [0.25, 0.3) is 0 Å². The Labute approximate surface area is 91.0 Å². The number of carbonyl (C=O) groups is 2. The van der Waals surface area contributed by atoms with Crippen molar-refractivity contribution in [1.29, 1.82) is 0 Å². The summed E-state index contributed by atoms with van der Waals surface area (Å²) in [6, 6.07) is -1.04. The summed E-state index contributed by atoms with van der Waals surface area (Å²) in [5.74, 6) is -0.397. The Bertz CT molecular complexity index is 229. The normalized spacial score (nSPS) is 14.2. The average molecular weight is 215 g/mol. The number of likely N-dealkylation sites (N-methyl/N-ethyl adjacent to an activating group) is 1. The third kappa shape index (κ3) is 4.78. The number of hydrogen-bond acceptors (Lipinski definition) is 3. The molecule has 0 saturated heterocycles. The number of hydrogen-bond donors (Lipinski definition) is 2. The van der Waals surface area contributed by atoms with Crippen LogP contribution < -0.4 is 11.1 Å². The summed E-state index contributed by atoms with van der Waals surface area (Å²) in [7, 11) is 3.30. The van der Waals surface area contributed by atoms with Crippen molar-refractivity contribution >= 4 is 11.8 Å². The lowest BCUT2D eigenvalue weighted by Crippen LogP contribution is -2.49. The molecule has 2 amide bonds. The zero-order valence-corrected chi connectivity index (χ0v) is 9.91. The second kappa shape index (κ2) is 6.40. The lowest BCUT2D eigenvalue weighted by atomic mass is 10.1. The van der Waals surface area contributed by atoms with Gasteiger partial charge in [-0.3, -0.25) is 9.59 Å². The van der Waals surface area contributed by atoms with Crippen molar-refractivity contribution in [1.82, 2.24) is 10.2 Å². The van der Waals surface area contributed by atoms with E-state index in [0.717, 1.165) is 6.42 Å². The van der Waals surface area contributed by atoms with Crippen LogP contribution >= 0.6 is 0 Å². The van der Waals surface area contributed by atoms with Gasteiger partial charge in [0.05, 0.1) is 6.04 Å². The maximum atomic E-state index is 11.5. The lowest BCUT2D eigenvalue weighted by Gasteiger charge is -2.19. The largest absolute Gasteiger partial charge is 0.347 e. The summed E-state index contributed by atoms with van der Waals surface area (Å²) in [5.41, 5.74) is 5.62. The van der Waals surface area contributed by atoms with Gasteiger partial charge < -0.3 is 16.0 Å². The summed E-state index contributed by atoms with van der Waals surface area (Å²) in [5, 5.41) is 2.59. The van der Waals surface area contributed by atoms with E-state index in [9.17, 15) is 9.59 Å². The van der Waals surface area contributed by atoms with Gasteiger partial charge in [-0.15, -0.1) is 0 Å². The minimum atomic E-state index is -0.521. The molecule has 2 unspecified atom stereocenters. The van der Waals surface area contributed by atoms with E-state index in [1.165, 1.54) is 4.90 Å². The Balaban J connectivity index is 4.12. The van der Waals surface area contributed by atoms with Crippen LogP contribution in [0.15, 0.2) is 0 Å². The van der Waals surface area contributed by atoms with Gasteiger partial charge in [0.15, 0.2) is 0 Å². The number of amides is 2. The van der Waals surface area contributed by atoms with Gasteiger partial charge in [0.2, 0.25) is 11.8 Å². The summed E-state index contributed by atoms with van der Waals surface area (Å²) in [6.07, 6.45) is 1.49. The molecule has 0 radical (unpaired) electrons. The standard InChI is InChI=1S/C10H21N3O2/c1-5-6-8(11)9(14)12-7(2)10(15)13(3)4/h7-8H,5-6,11H2,1-4H3,(H,12,14). The molecule has 0 rings (SSSR count). The fourth-order valence-corrected chi connectivity index (χ4v) is 1.21. The molecule has 0 aromatic heterocycles. The molecule has 2 atom stereocenters. The maximum Gasteiger partial charge on any atom is 0.244 e. The summed E-state index contributed by atoms with van der Waals surface area (Å²) < 4.78 is 0. The molecule has 0 aliphatic carbocycles. The van der Waals surface area contributed by atoms with E-state index in [-0.39, 0.29) is 11.8 Å². The second-order valence-electron chi connectivity index (χ2n) is 3.86. The number of nitrogens with one attached hydrogen (secondary N) is 1. The van der Waals surface area contributed by atoms with Gasteiger partial charge in [0, 0.05) is 14.1 Å². The van der Waals surface area contributed by atoms with Crippen LogP contribution in [0.4, 0.5) is 0 Å². The quantitative estimate of drug-likeness (QED) is 0.661. The first kappa shape index (κ1) is 13.9. The van der Waals surface area contributed by atoms with Crippen LogP contribution in [0, 0.1) is 0 Å². The van der Waals surface area contributed by atoms with Crippen LogP contribution in [-0.4, -0.2) is 42.9 Å². The van der Waals surface area contributed by atoms with E-state index in [0.29, 0.717) is 6.42 Å². The predicted octanol–water partition coefficient (Wildman–Crippen LogP) is -0.293. The number of carbonyl (C=O) groups excluding carboxylic acids is 2. The second-order valence-corrected chi connectivity index (χ2v) is 3.86.